The maximum atomic E-state index is 13.6. The van der Waals surface area contributed by atoms with Crippen molar-refractivity contribution in [1.29, 1.82) is 0 Å². The molecular weight excluding hydrogens is 449 g/mol. The fourth-order valence-corrected chi connectivity index (χ4v) is 6.03. The number of hydrogen-bond acceptors (Lipinski definition) is 5. The van der Waals surface area contributed by atoms with E-state index in [1.54, 1.807) is 26.1 Å². The average molecular weight is 480 g/mol. The van der Waals surface area contributed by atoms with Crippen LogP contribution >= 0.6 is 23.1 Å². The Morgan fingerprint density at radius 2 is 2.03 bits per heavy atom. The maximum absolute atomic E-state index is 13.6. The molecule has 0 bridgehead atoms. The van der Waals surface area contributed by atoms with Crippen LogP contribution in [0.5, 0.6) is 0 Å². The van der Waals surface area contributed by atoms with Crippen LogP contribution in [0.25, 0.3) is 0 Å². The number of nitrogens with one attached hydrogen (secondary N) is 1. The Morgan fingerprint density at radius 3 is 2.69 bits per heavy atom. The highest BCUT2D eigenvalue weighted by atomic mass is 32.2. The predicted molar refractivity (Wildman–Crippen MR) is 127 cm³/mol. The van der Waals surface area contributed by atoms with E-state index in [4.69, 9.17) is 0 Å². The molecule has 32 heavy (non-hydrogen) atoms. The third-order valence-electron chi connectivity index (χ3n) is 5.79. The number of aliphatic carboxylic acids is 1. The van der Waals surface area contributed by atoms with Crippen molar-refractivity contribution in [3.8, 4) is 0 Å². The largest absolute Gasteiger partial charge is 0.480 e. The van der Waals surface area contributed by atoms with Crippen LogP contribution in [0, 0.1) is 11.7 Å². The van der Waals surface area contributed by atoms with Crippen LogP contribution in [0.1, 0.15) is 52.0 Å². The van der Waals surface area contributed by atoms with Gasteiger partial charge < -0.3 is 10.0 Å². The first-order valence-electron chi connectivity index (χ1n) is 10.8. The van der Waals surface area contributed by atoms with E-state index in [0.717, 1.165) is 35.5 Å². The Bertz CT molecular complexity index is 942. The molecule has 1 aliphatic carbocycles. The quantitative estimate of drug-likeness (QED) is 0.461. The van der Waals surface area contributed by atoms with E-state index >= 15 is 0 Å². The van der Waals surface area contributed by atoms with Crippen molar-refractivity contribution in [3.63, 3.8) is 0 Å². The summed E-state index contributed by atoms with van der Waals surface area (Å²) in [6.07, 6.45) is 6.22. The highest BCUT2D eigenvalue weighted by molar-refractivity contribution is 8.03. The fourth-order valence-electron chi connectivity index (χ4n) is 3.77. The monoisotopic (exact) mass is 479 g/mol. The fraction of sp³-hybridized carbons (Fsp3) is 0.522. The van der Waals surface area contributed by atoms with Crippen LogP contribution in [0.15, 0.2) is 34.7 Å². The number of carbonyl (C=O) groups excluding carboxylic acids is 1. The van der Waals surface area contributed by atoms with E-state index in [2.05, 4.69) is 17.2 Å². The van der Waals surface area contributed by atoms with Crippen LogP contribution in [0.4, 0.5) is 14.3 Å². The van der Waals surface area contributed by atoms with E-state index in [9.17, 15) is 19.1 Å². The van der Waals surface area contributed by atoms with E-state index < -0.39 is 10.7 Å². The lowest BCUT2D eigenvalue weighted by molar-refractivity contribution is -0.138. The Labute approximate surface area is 196 Å². The summed E-state index contributed by atoms with van der Waals surface area (Å²) >= 11 is 2.47. The smallest absolute Gasteiger partial charge is 0.323 e. The zero-order chi connectivity index (χ0) is 23.3. The lowest BCUT2D eigenvalue weighted by Crippen LogP contribution is -2.45. The van der Waals surface area contributed by atoms with Crippen LogP contribution < -0.4 is 5.32 Å². The van der Waals surface area contributed by atoms with Gasteiger partial charge in [-0.25, -0.2) is 14.2 Å². The van der Waals surface area contributed by atoms with Gasteiger partial charge >= 0.3 is 12.0 Å². The molecule has 1 saturated carbocycles. The van der Waals surface area contributed by atoms with Crippen LogP contribution in [0.3, 0.4) is 0 Å². The van der Waals surface area contributed by atoms with E-state index in [1.165, 1.54) is 35.2 Å². The van der Waals surface area contributed by atoms with Gasteiger partial charge in [0.1, 0.15) is 10.6 Å². The molecule has 2 amide bonds. The number of aromatic nitrogens is 1. The molecule has 1 aliphatic rings. The standard InChI is InChI=1S/C23H30FN3O3S2/c1-15-7-9-18(10-8-15)27(12-11-16-5-4-6-17(24)13-16)22(30)26-21-25-14-19(31-21)32-23(2,3)20(28)29/h4-6,13-15,18H,7-12H2,1-3H3,(H,28,29)(H,25,26,30). The van der Waals surface area contributed by atoms with Crippen molar-refractivity contribution in [3.05, 3.63) is 41.8 Å². The first kappa shape index (κ1) is 24.5. The zero-order valence-electron chi connectivity index (χ0n) is 18.6. The van der Waals surface area contributed by atoms with Gasteiger partial charge in [0.15, 0.2) is 5.13 Å². The molecule has 1 aromatic heterocycles. The van der Waals surface area contributed by atoms with Gasteiger partial charge in [0, 0.05) is 12.6 Å². The molecule has 0 aliphatic heterocycles. The van der Waals surface area contributed by atoms with Crippen LogP contribution in [-0.2, 0) is 11.2 Å². The number of urea groups is 1. The number of thiazole rings is 1. The molecule has 2 aromatic rings. The summed E-state index contributed by atoms with van der Waals surface area (Å²) in [5, 5.41) is 12.7. The summed E-state index contributed by atoms with van der Waals surface area (Å²) in [6.45, 7) is 6.00. The number of anilines is 1. The number of thioether (sulfide) groups is 1. The Hall–Kier alpha value is -2.13. The van der Waals surface area contributed by atoms with Crippen LogP contribution in [0.2, 0.25) is 0 Å². The van der Waals surface area contributed by atoms with E-state index in [-0.39, 0.29) is 17.9 Å². The lowest BCUT2D eigenvalue weighted by Gasteiger charge is -2.36. The molecule has 0 saturated heterocycles. The summed E-state index contributed by atoms with van der Waals surface area (Å²) in [7, 11) is 0. The maximum Gasteiger partial charge on any atom is 0.323 e. The van der Waals surface area contributed by atoms with Crippen LogP contribution in [-0.4, -0.2) is 44.3 Å². The number of nitrogens with zero attached hydrogens (tertiary/aromatic N) is 2. The summed E-state index contributed by atoms with van der Waals surface area (Å²) in [6, 6.07) is 6.40. The number of carboxylic acid groups (broad SMARTS) is 1. The Morgan fingerprint density at radius 1 is 1.31 bits per heavy atom. The number of rotatable bonds is 8. The Balaban J connectivity index is 1.68. The van der Waals surface area contributed by atoms with Crippen molar-refractivity contribution < 1.29 is 19.1 Å². The first-order valence-corrected chi connectivity index (χ1v) is 12.5. The number of amides is 2. The number of carbonyl (C=O) groups is 2. The van der Waals surface area contributed by atoms with Gasteiger partial charge in [0.25, 0.3) is 0 Å². The van der Waals surface area contributed by atoms with Crippen molar-refractivity contribution in [1.82, 2.24) is 9.88 Å². The topological polar surface area (TPSA) is 82.5 Å². The molecule has 174 valence electrons. The second-order valence-electron chi connectivity index (χ2n) is 8.82. The third kappa shape index (κ3) is 6.68. The second kappa shape index (κ2) is 10.7. The summed E-state index contributed by atoms with van der Waals surface area (Å²) < 4.78 is 13.3. The summed E-state index contributed by atoms with van der Waals surface area (Å²) in [4.78, 5) is 30.7. The Kier molecular flexibility index (Phi) is 8.16. The van der Waals surface area contributed by atoms with Gasteiger partial charge in [0.2, 0.25) is 0 Å². The van der Waals surface area contributed by atoms with Gasteiger partial charge in [0.05, 0.1) is 10.4 Å². The number of carboxylic acids is 1. The molecule has 1 heterocycles. The van der Waals surface area contributed by atoms with Crippen molar-refractivity contribution >= 4 is 40.2 Å². The van der Waals surface area contributed by atoms with Crippen molar-refractivity contribution in [2.75, 3.05) is 11.9 Å². The molecule has 0 unspecified atom stereocenters. The van der Waals surface area contributed by atoms with Crippen molar-refractivity contribution in [2.45, 2.75) is 67.9 Å². The minimum absolute atomic E-state index is 0.138. The van der Waals surface area contributed by atoms with E-state index in [1.807, 2.05) is 11.0 Å². The predicted octanol–water partition coefficient (Wildman–Crippen LogP) is 5.89. The molecule has 6 nitrogen and oxygen atoms in total. The average Bonchev–Trinajstić information content (AvgIpc) is 3.15. The minimum Gasteiger partial charge on any atom is -0.480 e. The summed E-state index contributed by atoms with van der Waals surface area (Å²) in [5.74, 6) is -0.519. The second-order valence-corrected chi connectivity index (χ2v) is 11.8. The zero-order valence-corrected chi connectivity index (χ0v) is 20.3. The molecule has 0 radical (unpaired) electrons. The van der Waals surface area contributed by atoms with Gasteiger partial charge in [-0.2, -0.15) is 0 Å². The number of benzene rings is 1. The first-order chi connectivity index (χ1) is 15.1. The minimum atomic E-state index is -0.983. The molecule has 9 heteroatoms. The molecule has 0 atom stereocenters. The molecule has 2 N–H and O–H groups in total. The SMILES string of the molecule is CC1CCC(N(CCc2cccc(F)c2)C(=O)Nc2ncc(SC(C)(C)C(=O)O)s2)CC1. The molecule has 1 aromatic carbocycles. The molecule has 1 fully saturated rings. The van der Waals surface area contributed by atoms with Gasteiger partial charge in [-0.15, -0.1) is 0 Å². The normalized spacial score (nSPS) is 18.9. The molecule has 0 spiro atoms. The van der Waals surface area contributed by atoms with Gasteiger partial charge in [-0.05, 0) is 69.6 Å². The highest BCUT2D eigenvalue weighted by Crippen LogP contribution is 2.37. The summed E-state index contributed by atoms with van der Waals surface area (Å²) in [5.41, 5.74) is 0.857. The highest BCUT2D eigenvalue weighted by Gasteiger charge is 2.30. The molecule has 3 rings (SSSR count). The lowest BCUT2D eigenvalue weighted by atomic mass is 9.86. The van der Waals surface area contributed by atoms with Gasteiger partial charge in [-0.1, -0.05) is 42.2 Å². The number of hydrogen-bond donors (Lipinski definition) is 2. The third-order valence-corrected chi connectivity index (χ3v) is 7.99. The molecular formula is C23H30FN3O3S2. The van der Waals surface area contributed by atoms with Gasteiger partial charge in [-0.3, -0.25) is 10.1 Å². The van der Waals surface area contributed by atoms with Crippen molar-refractivity contribution in [2.24, 2.45) is 5.92 Å². The number of halogens is 1. The van der Waals surface area contributed by atoms with E-state index in [0.29, 0.717) is 24.0 Å².